The number of nitrogens with zero attached hydrogens (tertiary/aromatic N) is 2. The third kappa shape index (κ3) is 5.13. The van der Waals surface area contributed by atoms with Crippen LogP contribution >= 0.6 is 34.5 Å². The molecule has 0 radical (unpaired) electrons. The Balaban J connectivity index is 1.64. The molecule has 3 rings (SSSR count). The molecule has 1 saturated heterocycles. The number of likely N-dealkylation sites (N-methyl/N-ethyl adjacent to an activating group) is 1. The summed E-state index contributed by atoms with van der Waals surface area (Å²) in [5.41, 5.74) is 1.83. The summed E-state index contributed by atoms with van der Waals surface area (Å²) in [6.07, 6.45) is 1.11. The van der Waals surface area contributed by atoms with Gasteiger partial charge >= 0.3 is 0 Å². The monoisotopic (exact) mass is 411 g/mol. The molecule has 26 heavy (non-hydrogen) atoms. The zero-order chi connectivity index (χ0) is 18.5. The number of amides is 1. The molecule has 0 aliphatic carbocycles. The van der Waals surface area contributed by atoms with Crippen molar-refractivity contribution in [1.82, 2.24) is 4.90 Å². The molecular weight excluding hydrogens is 389 g/mol. The van der Waals surface area contributed by atoms with Crippen LogP contribution in [0, 0.1) is 0 Å². The number of rotatable bonds is 6. The molecule has 2 heterocycles. The topological polar surface area (TPSA) is 35.6 Å². The van der Waals surface area contributed by atoms with E-state index in [1.165, 1.54) is 11.3 Å². The van der Waals surface area contributed by atoms with Gasteiger partial charge in [-0.1, -0.05) is 30.1 Å². The van der Waals surface area contributed by atoms with Gasteiger partial charge in [0.2, 0.25) is 5.91 Å². The maximum Gasteiger partial charge on any atom is 0.224 e. The number of benzene rings is 1. The van der Waals surface area contributed by atoms with Gasteiger partial charge in [-0.3, -0.25) is 4.79 Å². The van der Waals surface area contributed by atoms with Crippen LogP contribution in [-0.2, 0) is 11.2 Å². The lowest BCUT2D eigenvalue weighted by Gasteiger charge is -2.36. The van der Waals surface area contributed by atoms with E-state index < -0.39 is 0 Å². The van der Waals surface area contributed by atoms with E-state index in [0.717, 1.165) is 53.3 Å². The van der Waals surface area contributed by atoms with Gasteiger partial charge in [0.15, 0.2) is 0 Å². The third-order valence-corrected chi connectivity index (χ3v) is 6.15. The van der Waals surface area contributed by atoms with Gasteiger partial charge in [-0.05, 0) is 43.3 Å². The number of hydrogen-bond acceptors (Lipinski definition) is 4. The van der Waals surface area contributed by atoms with Crippen LogP contribution in [0.5, 0.6) is 0 Å². The van der Waals surface area contributed by atoms with E-state index in [4.69, 9.17) is 23.2 Å². The van der Waals surface area contributed by atoms with Gasteiger partial charge in [0.1, 0.15) is 0 Å². The van der Waals surface area contributed by atoms with Crippen molar-refractivity contribution in [3.8, 4) is 0 Å². The van der Waals surface area contributed by atoms with Crippen molar-refractivity contribution >= 4 is 51.8 Å². The number of thiophene rings is 1. The molecule has 140 valence electrons. The van der Waals surface area contributed by atoms with Crippen molar-refractivity contribution in [3.05, 3.63) is 44.6 Å². The highest BCUT2D eigenvalue weighted by Gasteiger charge is 2.19. The number of aryl methyl sites for hydroxylation is 1. The fraction of sp³-hybridized carbons (Fsp3) is 0.421. The van der Waals surface area contributed by atoms with Crippen LogP contribution in [0.2, 0.25) is 9.36 Å². The summed E-state index contributed by atoms with van der Waals surface area (Å²) in [7, 11) is 0. The number of carbonyl (C=O) groups is 1. The lowest BCUT2D eigenvalue weighted by molar-refractivity contribution is -0.116. The smallest absolute Gasteiger partial charge is 0.224 e. The summed E-state index contributed by atoms with van der Waals surface area (Å²) >= 11 is 13.6. The number of hydrogen-bond donors (Lipinski definition) is 1. The van der Waals surface area contributed by atoms with Crippen molar-refractivity contribution in [3.63, 3.8) is 0 Å². The number of nitrogens with one attached hydrogen (secondary N) is 1. The second-order valence-corrected chi connectivity index (χ2v) is 8.57. The Kier molecular flexibility index (Phi) is 6.81. The van der Waals surface area contributed by atoms with Crippen LogP contribution in [-0.4, -0.2) is 43.5 Å². The number of piperazine rings is 1. The first-order valence-electron chi connectivity index (χ1n) is 8.86. The third-order valence-electron chi connectivity index (χ3n) is 4.62. The van der Waals surface area contributed by atoms with Crippen molar-refractivity contribution < 1.29 is 4.79 Å². The van der Waals surface area contributed by atoms with Crippen molar-refractivity contribution in [2.24, 2.45) is 0 Å². The highest BCUT2D eigenvalue weighted by atomic mass is 35.5. The second kappa shape index (κ2) is 9.09. The summed E-state index contributed by atoms with van der Waals surface area (Å²) < 4.78 is 0.753. The molecule has 1 aromatic carbocycles. The van der Waals surface area contributed by atoms with E-state index in [1.807, 2.05) is 30.3 Å². The summed E-state index contributed by atoms with van der Waals surface area (Å²) in [4.78, 5) is 18.3. The predicted molar refractivity (Wildman–Crippen MR) is 112 cm³/mol. The number of anilines is 2. The van der Waals surface area contributed by atoms with E-state index in [2.05, 4.69) is 22.0 Å². The van der Waals surface area contributed by atoms with Gasteiger partial charge < -0.3 is 15.1 Å². The molecule has 1 aliphatic heterocycles. The van der Waals surface area contributed by atoms with Gasteiger partial charge in [-0.2, -0.15) is 0 Å². The van der Waals surface area contributed by atoms with Gasteiger partial charge in [-0.15, -0.1) is 11.3 Å². The molecule has 0 unspecified atom stereocenters. The lowest BCUT2D eigenvalue weighted by atomic mass is 10.2. The Morgan fingerprint density at radius 2 is 1.92 bits per heavy atom. The number of halogens is 2. The minimum absolute atomic E-state index is 0.00904. The molecule has 2 aromatic rings. The summed E-state index contributed by atoms with van der Waals surface area (Å²) in [6.45, 7) is 7.23. The first-order chi connectivity index (χ1) is 12.5. The Morgan fingerprint density at radius 1 is 1.15 bits per heavy atom. The molecule has 1 aliphatic rings. The Labute approximate surface area is 168 Å². The van der Waals surface area contributed by atoms with Gasteiger partial charge in [0, 0.05) is 42.5 Å². The lowest BCUT2D eigenvalue weighted by Crippen LogP contribution is -2.46. The Bertz CT molecular complexity index is 757. The van der Waals surface area contributed by atoms with Crippen LogP contribution in [0.1, 0.15) is 18.2 Å². The summed E-state index contributed by atoms with van der Waals surface area (Å²) in [6, 6.07) is 9.55. The Morgan fingerprint density at radius 3 is 2.58 bits per heavy atom. The van der Waals surface area contributed by atoms with E-state index in [-0.39, 0.29) is 5.91 Å². The van der Waals surface area contributed by atoms with Crippen molar-refractivity contribution in [1.29, 1.82) is 0 Å². The zero-order valence-corrected chi connectivity index (χ0v) is 17.1. The Hall–Kier alpha value is -1.27. The molecule has 4 nitrogen and oxygen atoms in total. The molecule has 1 aromatic heterocycles. The molecule has 7 heteroatoms. The molecule has 1 N–H and O–H groups in total. The van der Waals surface area contributed by atoms with Gasteiger partial charge in [0.05, 0.1) is 15.7 Å². The van der Waals surface area contributed by atoms with Crippen LogP contribution in [0.3, 0.4) is 0 Å². The maximum atomic E-state index is 12.4. The fourth-order valence-electron chi connectivity index (χ4n) is 3.12. The highest BCUT2D eigenvalue weighted by Crippen LogP contribution is 2.30. The largest absolute Gasteiger partial charge is 0.367 e. The molecule has 0 saturated carbocycles. The van der Waals surface area contributed by atoms with Crippen LogP contribution in [0.25, 0.3) is 0 Å². The average molecular weight is 412 g/mol. The molecule has 1 amide bonds. The second-order valence-electron chi connectivity index (χ2n) is 6.34. The molecule has 1 fully saturated rings. The fourth-order valence-corrected chi connectivity index (χ4v) is 4.38. The van der Waals surface area contributed by atoms with Gasteiger partial charge in [-0.25, -0.2) is 0 Å². The van der Waals surface area contributed by atoms with Crippen molar-refractivity contribution in [2.45, 2.75) is 19.8 Å². The minimum Gasteiger partial charge on any atom is -0.367 e. The molecule has 0 atom stereocenters. The standard InChI is InChI=1S/C19H23Cl2N3OS/c1-2-23-9-11-24(12-10-23)17-6-3-14(20)13-16(17)22-19(25)8-5-15-4-7-18(21)26-15/h3-4,6-7,13H,2,5,8-12H2,1H3,(H,22,25). The highest BCUT2D eigenvalue weighted by molar-refractivity contribution is 7.16. The van der Waals surface area contributed by atoms with Gasteiger partial charge in [0.25, 0.3) is 0 Å². The molecular formula is C19H23Cl2N3OS. The first kappa shape index (κ1) is 19.5. The summed E-state index contributed by atoms with van der Waals surface area (Å²) in [5, 5.41) is 3.67. The SMILES string of the molecule is CCN1CCN(c2ccc(Cl)cc2NC(=O)CCc2ccc(Cl)s2)CC1. The van der Waals surface area contributed by atoms with Crippen molar-refractivity contribution in [2.75, 3.05) is 42.9 Å². The van der Waals surface area contributed by atoms with E-state index in [1.54, 1.807) is 0 Å². The molecule has 0 spiro atoms. The molecule has 0 bridgehead atoms. The predicted octanol–water partition coefficient (Wildman–Crippen LogP) is 4.77. The van der Waals surface area contributed by atoms with Crippen LogP contribution in [0.15, 0.2) is 30.3 Å². The average Bonchev–Trinajstić information content (AvgIpc) is 3.06. The maximum absolute atomic E-state index is 12.4. The van der Waals surface area contributed by atoms with Crippen LogP contribution in [0.4, 0.5) is 11.4 Å². The summed E-state index contributed by atoms with van der Waals surface area (Å²) in [5.74, 6) is -0.00904. The van der Waals surface area contributed by atoms with E-state index in [0.29, 0.717) is 17.9 Å². The number of carbonyl (C=O) groups excluding carboxylic acids is 1. The minimum atomic E-state index is -0.00904. The van der Waals surface area contributed by atoms with E-state index >= 15 is 0 Å². The zero-order valence-electron chi connectivity index (χ0n) is 14.8. The van der Waals surface area contributed by atoms with Crippen LogP contribution < -0.4 is 10.2 Å². The quantitative estimate of drug-likeness (QED) is 0.743. The van der Waals surface area contributed by atoms with E-state index in [9.17, 15) is 4.79 Å². The normalized spacial score (nSPS) is 15.3. The first-order valence-corrected chi connectivity index (χ1v) is 10.4.